The lowest BCUT2D eigenvalue weighted by molar-refractivity contribution is -0.129. The monoisotopic (exact) mass is 572 g/mol. The highest BCUT2D eigenvalue weighted by Gasteiger charge is 2.42. The number of hydrogen-bond donors (Lipinski definition) is 0. The van der Waals surface area contributed by atoms with Crippen molar-refractivity contribution in [2.75, 3.05) is 0 Å². The smallest absolute Gasteiger partial charge is 0.335 e. The van der Waals surface area contributed by atoms with Crippen LogP contribution in [-0.4, -0.2) is 11.9 Å². The zero-order chi connectivity index (χ0) is 29.3. The van der Waals surface area contributed by atoms with Crippen molar-refractivity contribution in [2.45, 2.75) is 6.42 Å². The van der Waals surface area contributed by atoms with Gasteiger partial charge in [0.25, 0.3) is 0 Å². The maximum atomic E-state index is 15.5. The van der Waals surface area contributed by atoms with Gasteiger partial charge in [0.2, 0.25) is 0 Å². The van der Waals surface area contributed by atoms with E-state index in [2.05, 4.69) is 13.2 Å². The van der Waals surface area contributed by atoms with Gasteiger partial charge in [0, 0.05) is 34.9 Å². The molecule has 1 heterocycles. The van der Waals surface area contributed by atoms with Gasteiger partial charge < -0.3 is 14.0 Å². The number of esters is 2. The van der Waals surface area contributed by atoms with Crippen LogP contribution >= 0.6 is 7.37 Å². The van der Waals surface area contributed by atoms with Crippen LogP contribution in [0.4, 0.5) is 0 Å². The van der Waals surface area contributed by atoms with Crippen molar-refractivity contribution in [1.29, 1.82) is 0 Å². The van der Waals surface area contributed by atoms with Crippen LogP contribution in [0.15, 0.2) is 128 Å². The Morgan fingerprint density at radius 1 is 0.714 bits per heavy atom. The Morgan fingerprint density at radius 2 is 1.36 bits per heavy atom. The van der Waals surface area contributed by atoms with Gasteiger partial charge in [0.05, 0.1) is 10.6 Å². The molecule has 0 N–H and O–H groups in total. The minimum Gasteiger partial charge on any atom is -0.436 e. The predicted molar refractivity (Wildman–Crippen MR) is 164 cm³/mol. The molecular weight excluding hydrogens is 547 g/mol. The second-order valence-corrected chi connectivity index (χ2v) is 11.9. The van der Waals surface area contributed by atoms with Gasteiger partial charge in [-0.3, -0.25) is 4.57 Å². The molecule has 0 bridgehead atoms. The Labute approximate surface area is 242 Å². The lowest BCUT2D eigenvalue weighted by Crippen LogP contribution is -2.28. The number of fused-ring (bicyclic) bond motifs is 4. The first-order valence-corrected chi connectivity index (χ1v) is 14.9. The molecule has 0 amide bonds. The molecule has 0 radical (unpaired) electrons. The van der Waals surface area contributed by atoms with Crippen molar-refractivity contribution in [1.82, 2.24) is 0 Å². The lowest BCUT2D eigenvalue weighted by atomic mass is 9.97. The third-order valence-corrected chi connectivity index (χ3v) is 9.50. The summed E-state index contributed by atoms with van der Waals surface area (Å²) < 4.78 is 33.4. The molecule has 6 rings (SSSR count). The van der Waals surface area contributed by atoms with Gasteiger partial charge in [0.1, 0.15) is 11.5 Å². The van der Waals surface area contributed by atoms with E-state index >= 15 is 4.57 Å². The maximum absolute atomic E-state index is 15.5. The molecule has 5 aromatic carbocycles. The Balaban J connectivity index is 1.64. The van der Waals surface area contributed by atoms with Crippen LogP contribution in [0.1, 0.15) is 11.1 Å². The molecule has 42 heavy (non-hydrogen) atoms. The van der Waals surface area contributed by atoms with Crippen molar-refractivity contribution >= 4 is 40.7 Å². The first kappa shape index (κ1) is 27.0. The van der Waals surface area contributed by atoms with Gasteiger partial charge in [0.15, 0.2) is 5.75 Å². The molecule has 5 aromatic rings. The van der Waals surface area contributed by atoms with Crippen LogP contribution in [0, 0.1) is 0 Å². The van der Waals surface area contributed by atoms with Crippen molar-refractivity contribution in [3.8, 4) is 28.4 Å². The molecule has 0 fully saturated rings. The van der Waals surface area contributed by atoms with E-state index in [4.69, 9.17) is 14.0 Å². The molecule has 1 atom stereocenters. The molecule has 0 saturated carbocycles. The molecule has 0 spiro atoms. The highest BCUT2D eigenvalue weighted by atomic mass is 31.2. The number of hydrogen-bond acceptors (Lipinski definition) is 6. The van der Waals surface area contributed by atoms with E-state index in [1.807, 2.05) is 60.7 Å². The second-order valence-electron chi connectivity index (χ2n) is 9.64. The molecule has 206 valence electrons. The summed E-state index contributed by atoms with van der Waals surface area (Å²) in [6, 6.07) is 31.4. The van der Waals surface area contributed by atoms with Crippen LogP contribution in [0.5, 0.6) is 17.2 Å². The third kappa shape index (κ3) is 4.72. The van der Waals surface area contributed by atoms with Crippen LogP contribution in [0.3, 0.4) is 0 Å². The van der Waals surface area contributed by atoms with Gasteiger partial charge in [-0.1, -0.05) is 104 Å². The SMILES string of the molecule is C=CC(=O)Oc1cc(P2(=O)Oc3c(Cc4ccccc4)cccc3-c3ccccc32)c(OC(=O)C=C)c2ccccc12. The molecular formula is C35H25O6P. The second kappa shape index (κ2) is 11.0. The molecule has 1 aliphatic rings. The summed E-state index contributed by atoms with van der Waals surface area (Å²) in [5.74, 6) is -0.790. The summed E-state index contributed by atoms with van der Waals surface area (Å²) in [5, 5.41) is 1.40. The molecule has 7 heteroatoms. The van der Waals surface area contributed by atoms with Crippen LogP contribution in [0.2, 0.25) is 0 Å². The van der Waals surface area contributed by atoms with Gasteiger partial charge in [-0.15, -0.1) is 0 Å². The Hall–Kier alpha value is -5.19. The van der Waals surface area contributed by atoms with E-state index in [1.165, 1.54) is 6.07 Å². The first-order chi connectivity index (χ1) is 20.4. The first-order valence-electron chi connectivity index (χ1n) is 13.2. The zero-order valence-electron chi connectivity index (χ0n) is 22.5. The number of rotatable bonds is 7. The van der Waals surface area contributed by atoms with E-state index < -0.39 is 19.3 Å². The minimum atomic E-state index is -4.04. The van der Waals surface area contributed by atoms with Crippen LogP contribution in [-0.2, 0) is 20.6 Å². The molecule has 1 unspecified atom stereocenters. The van der Waals surface area contributed by atoms with E-state index in [-0.39, 0.29) is 16.8 Å². The maximum Gasteiger partial charge on any atom is 0.335 e. The number of ether oxygens (including phenoxy) is 2. The van der Waals surface area contributed by atoms with Gasteiger partial charge in [-0.25, -0.2) is 9.59 Å². The highest BCUT2D eigenvalue weighted by molar-refractivity contribution is 7.75. The normalized spacial score (nSPS) is 15.0. The van der Waals surface area contributed by atoms with Crippen molar-refractivity contribution in [3.05, 3.63) is 140 Å². The Kier molecular flexibility index (Phi) is 7.07. The average molecular weight is 573 g/mol. The van der Waals surface area contributed by atoms with E-state index in [1.54, 1.807) is 36.4 Å². The van der Waals surface area contributed by atoms with Crippen molar-refractivity contribution in [3.63, 3.8) is 0 Å². The van der Waals surface area contributed by atoms with Crippen LogP contribution < -0.4 is 24.6 Å². The zero-order valence-corrected chi connectivity index (χ0v) is 23.4. The summed E-state index contributed by atoms with van der Waals surface area (Å²) >= 11 is 0. The Bertz CT molecular complexity index is 1940. The predicted octanol–water partition coefficient (Wildman–Crippen LogP) is 6.90. The fourth-order valence-corrected chi connectivity index (χ4v) is 7.62. The van der Waals surface area contributed by atoms with E-state index in [9.17, 15) is 9.59 Å². The lowest BCUT2D eigenvalue weighted by Gasteiger charge is -2.31. The van der Waals surface area contributed by atoms with Crippen molar-refractivity contribution < 1.29 is 28.2 Å². The van der Waals surface area contributed by atoms with Gasteiger partial charge in [-0.2, -0.15) is 0 Å². The summed E-state index contributed by atoms with van der Waals surface area (Å²) in [5.41, 5.74) is 3.44. The molecule has 0 aliphatic carbocycles. The van der Waals surface area contributed by atoms with Gasteiger partial charge in [-0.05, 0) is 28.8 Å². The Morgan fingerprint density at radius 3 is 2.12 bits per heavy atom. The van der Waals surface area contributed by atoms with Crippen molar-refractivity contribution in [2.24, 2.45) is 0 Å². The summed E-state index contributed by atoms with van der Waals surface area (Å²) in [4.78, 5) is 24.9. The number of benzene rings is 5. The standard InChI is InChI=1S/C35H25O6P/c1-3-32(36)39-29-22-31(35(40-33(37)4-2)27-18-9-8-16-25(27)29)42(38)30-20-11-10-17-26(30)28-19-12-15-24(34(28)41-42)21-23-13-6-5-7-14-23/h3-20,22H,1-2,21H2. The van der Waals surface area contributed by atoms with E-state index in [0.29, 0.717) is 28.2 Å². The van der Waals surface area contributed by atoms with Gasteiger partial charge >= 0.3 is 19.3 Å². The molecule has 0 saturated heterocycles. The summed E-state index contributed by atoms with van der Waals surface area (Å²) in [6.07, 6.45) is 2.62. The fraction of sp³-hybridized carbons (Fsp3) is 0.0286. The number of carbonyl (C=O) groups is 2. The number of para-hydroxylation sites is 1. The summed E-state index contributed by atoms with van der Waals surface area (Å²) in [7, 11) is -4.04. The third-order valence-electron chi connectivity index (χ3n) is 7.07. The largest absolute Gasteiger partial charge is 0.436 e. The summed E-state index contributed by atoms with van der Waals surface area (Å²) in [6.45, 7) is 7.02. The quantitative estimate of drug-likeness (QED) is 0.0914. The molecule has 0 aromatic heterocycles. The number of carbonyl (C=O) groups excluding carboxylic acids is 2. The van der Waals surface area contributed by atoms with Crippen LogP contribution in [0.25, 0.3) is 21.9 Å². The van der Waals surface area contributed by atoms with E-state index in [0.717, 1.165) is 34.4 Å². The molecule has 1 aliphatic heterocycles. The fourth-order valence-electron chi connectivity index (χ4n) is 5.18. The molecule has 6 nitrogen and oxygen atoms in total. The topological polar surface area (TPSA) is 78.9 Å². The highest BCUT2D eigenvalue weighted by Crippen LogP contribution is 2.57. The minimum absolute atomic E-state index is 0.0380. The average Bonchev–Trinajstić information content (AvgIpc) is 3.03.